The third kappa shape index (κ3) is 1.54. The van der Waals surface area contributed by atoms with Crippen molar-refractivity contribution in [2.75, 3.05) is 0 Å². The molecule has 0 amide bonds. The van der Waals surface area contributed by atoms with Gasteiger partial charge in [-0.25, -0.2) is 0 Å². The molecule has 0 aliphatic heterocycles. The zero-order valence-corrected chi connectivity index (χ0v) is 11.8. The van der Waals surface area contributed by atoms with Crippen molar-refractivity contribution in [3.63, 3.8) is 0 Å². The highest BCUT2D eigenvalue weighted by Gasteiger charge is 2.57. The van der Waals surface area contributed by atoms with Crippen LogP contribution in [0.4, 0.5) is 0 Å². The largest absolute Gasteiger partial charge is 0.508 e. The number of hydrogen-bond donors (Lipinski definition) is 1. The van der Waals surface area contributed by atoms with E-state index in [-0.39, 0.29) is 5.41 Å². The Labute approximate surface area is 120 Å². The van der Waals surface area contributed by atoms with Gasteiger partial charge in [-0.05, 0) is 79.0 Å². The predicted molar refractivity (Wildman–Crippen MR) is 78.0 cm³/mol. The van der Waals surface area contributed by atoms with E-state index in [1.807, 2.05) is 6.07 Å². The maximum atomic E-state index is 11.5. The Hall–Kier alpha value is -1.31. The van der Waals surface area contributed by atoms with E-state index in [0.29, 0.717) is 5.75 Å². The fourth-order valence-corrected chi connectivity index (χ4v) is 5.51. The number of phenolic OH excluding ortho intramolecular Hbond substituents is 1. The summed E-state index contributed by atoms with van der Waals surface area (Å²) in [5, 5.41) is 9.91. The van der Waals surface area contributed by atoms with Crippen molar-refractivity contribution in [2.45, 2.75) is 50.4 Å². The molecule has 20 heavy (non-hydrogen) atoms. The standard InChI is InChI=1S/C18H22O2/c19-11-13-4-6-14(20)9-17(13)18-8-2-1-3-16(18)15-7-5-12(15)10-18/h4,6,9,11-12,15-16,20H,1-3,5,7-8,10H2/t12?,15-,16?,18-/m1/s1. The summed E-state index contributed by atoms with van der Waals surface area (Å²) in [4.78, 5) is 11.5. The molecule has 2 unspecified atom stereocenters. The van der Waals surface area contributed by atoms with Crippen LogP contribution in [-0.2, 0) is 5.41 Å². The molecule has 0 heterocycles. The van der Waals surface area contributed by atoms with Crippen LogP contribution in [0.1, 0.15) is 60.9 Å². The van der Waals surface area contributed by atoms with E-state index >= 15 is 0 Å². The zero-order valence-electron chi connectivity index (χ0n) is 11.8. The molecule has 1 aromatic carbocycles. The van der Waals surface area contributed by atoms with E-state index in [4.69, 9.17) is 0 Å². The number of aldehydes is 1. The lowest BCUT2D eigenvalue weighted by molar-refractivity contribution is 0.111. The van der Waals surface area contributed by atoms with Gasteiger partial charge in [-0.2, -0.15) is 0 Å². The van der Waals surface area contributed by atoms with Gasteiger partial charge < -0.3 is 5.11 Å². The van der Waals surface area contributed by atoms with Crippen LogP contribution in [0, 0.1) is 17.8 Å². The Kier molecular flexibility index (Phi) is 2.70. The number of aromatic hydroxyl groups is 1. The topological polar surface area (TPSA) is 37.3 Å². The molecule has 106 valence electrons. The second kappa shape index (κ2) is 4.34. The SMILES string of the molecule is O=Cc1ccc(O)cc1[C@@]12CCCCC1[C@@H]1CCC1C2. The molecule has 0 radical (unpaired) electrons. The lowest BCUT2D eigenvalue weighted by atomic mass is 9.61. The fourth-order valence-electron chi connectivity index (χ4n) is 5.51. The summed E-state index contributed by atoms with van der Waals surface area (Å²) >= 11 is 0. The van der Waals surface area contributed by atoms with Gasteiger partial charge in [0.05, 0.1) is 0 Å². The second-order valence-electron chi connectivity index (χ2n) is 7.10. The van der Waals surface area contributed by atoms with Gasteiger partial charge in [-0.3, -0.25) is 4.79 Å². The van der Waals surface area contributed by atoms with Crippen LogP contribution in [0.25, 0.3) is 0 Å². The Balaban J connectivity index is 1.85. The lowest BCUT2D eigenvalue weighted by Crippen LogP contribution is -2.37. The Morgan fingerprint density at radius 1 is 1.20 bits per heavy atom. The summed E-state index contributed by atoms with van der Waals surface area (Å²) in [5.41, 5.74) is 2.13. The van der Waals surface area contributed by atoms with Gasteiger partial charge in [0, 0.05) is 5.56 Å². The van der Waals surface area contributed by atoms with Crippen LogP contribution >= 0.6 is 0 Å². The molecule has 3 saturated carbocycles. The third-order valence-corrected chi connectivity index (χ3v) is 6.42. The summed E-state index contributed by atoms with van der Waals surface area (Å²) in [6.45, 7) is 0. The molecule has 0 aromatic heterocycles. The average Bonchev–Trinajstić information content (AvgIpc) is 2.67. The molecule has 0 bridgehead atoms. The molecule has 4 atom stereocenters. The van der Waals surface area contributed by atoms with Crippen molar-refractivity contribution >= 4 is 6.29 Å². The van der Waals surface area contributed by atoms with Gasteiger partial charge in [0.1, 0.15) is 12.0 Å². The third-order valence-electron chi connectivity index (χ3n) is 6.42. The van der Waals surface area contributed by atoms with Crippen LogP contribution in [0.2, 0.25) is 0 Å². The maximum absolute atomic E-state index is 11.5. The number of hydrogen-bond acceptors (Lipinski definition) is 2. The Morgan fingerprint density at radius 2 is 2.10 bits per heavy atom. The van der Waals surface area contributed by atoms with E-state index in [1.54, 1.807) is 12.1 Å². The second-order valence-corrected chi connectivity index (χ2v) is 7.10. The van der Waals surface area contributed by atoms with Gasteiger partial charge in [-0.1, -0.05) is 12.8 Å². The molecule has 3 aliphatic carbocycles. The van der Waals surface area contributed by atoms with Crippen molar-refractivity contribution in [3.8, 4) is 5.75 Å². The van der Waals surface area contributed by atoms with Crippen molar-refractivity contribution in [3.05, 3.63) is 29.3 Å². The zero-order chi connectivity index (χ0) is 13.7. The predicted octanol–water partition coefficient (Wildman–Crippen LogP) is 4.06. The van der Waals surface area contributed by atoms with Gasteiger partial charge in [0.15, 0.2) is 0 Å². The molecule has 3 fully saturated rings. The fraction of sp³-hybridized carbons (Fsp3) is 0.611. The number of rotatable bonds is 2. The van der Waals surface area contributed by atoms with Crippen molar-refractivity contribution in [1.82, 2.24) is 0 Å². The summed E-state index contributed by atoms with van der Waals surface area (Å²) in [5.74, 6) is 2.82. The number of phenols is 1. The number of carbonyl (C=O) groups is 1. The van der Waals surface area contributed by atoms with E-state index in [1.165, 1.54) is 44.9 Å². The first-order valence-electron chi connectivity index (χ1n) is 8.03. The monoisotopic (exact) mass is 270 g/mol. The minimum absolute atomic E-state index is 0.180. The van der Waals surface area contributed by atoms with Crippen molar-refractivity contribution < 1.29 is 9.90 Å². The summed E-state index contributed by atoms with van der Waals surface area (Å²) in [7, 11) is 0. The highest BCUT2D eigenvalue weighted by Crippen LogP contribution is 2.65. The van der Waals surface area contributed by atoms with Crippen LogP contribution in [0.15, 0.2) is 18.2 Å². The first-order valence-corrected chi connectivity index (χ1v) is 8.03. The molecule has 2 heteroatoms. The first-order chi connectivity index (χ1) is 9.74. The molecular weight excluding hydrogens is 248 g/mol. The van der Waals surface area contributed by atoms with Gasteiger partial charge in [-0.15, -0.1) is 0 Å². The lowest BCUT2D eigenvalue weighted by Gasteiger charge is -2.43. The Morgan fingerprint density at radius 3 is 2.85 bits per heavy atom. The van der Waals surface area contributed by atoms with Crippen molar-refractivity contribution in [1.29, 1.82) is 0 Å². The molecule has 4 rings (SSSR count). The highest BCUT2D eigenvalue weighted by molar-refractivity contribution is 5.78. The van der Waals surface area contributed by atoms with Gasteiger partial charge >= 0.3 is 0 Å². The number of carbonyl (C=O) groups excluding carboxylic acids is 1. The van der Waals surface area contributed by atoms with Gasteiger partial charge in [0.2, 0.25) is 0 Å². The molecule has 1 N–H and O–H groups in total. The average molecular weight is 270 g/mol. The number of benzene rings is 1. The maximum Gasteiger partial charge on any atom is 0.150 e. The van der Waals surface area contributed by atoms with Gasteiger partial charge in [0.25, 0.3) is 0 Å². The Bertz CT molecular complexity index is 550. The highest BCUT2D eigenvalue weighted by atomic mass is 16.3. The van der Waals surface area contributed by atoms with E-state index in [9.17, 15) is 9.90 Å². The van der Waals surface area contributed by atoms with Crippen LogP contribution in [0.3, 0.4) is 0 Å². The quantitative estimate of drug-likeness (QED) is 0.823. The normalized spacial score (nSPS) is 38.7. The van der Waals surface area contributed by atoms with Crippen molar-refractivity contribution in [2.24, 2.45) is 17.8 Å². The minimum Gasteiger partial charge on any atom is -0.508 e. The number of fused-ring (bicyclic) bond motifs is 3. The molecule has 1 aromatic rings. The molecule has 0 saturated heterocycles. The van der Waals surface area contributed by atoms with Crippen LogP contribution in [0.5, 0.6) is 5.75 Å². The summed E-state index contributed by atoms with van der Waals surface area (Å²) in [6.07, 6.45) is 10.1. The molecule has 3 aliphatic rings. The van der Waals surface area contributed by atoms with Crippen LogP contribution in [-0.4, -0.2) is 11.4 Å². The summed E-state index contributed by atoms with van der Waals surface area (Å²) < 4.78 is 0. The van der Waals surface area contributed by atoms with E-state index < -0.39 is 0 Å². The molecule has 0 spiro atoms. The smallest absolute Gasteiger partial charge is 0.150 e. The van der Waals surface area contributed by atoms with E-state index in [2.05, 4.69) is 0 Å². The summed E-state index contributed by atoms with van der Waals surface area (Å²) in [6, 6.07) is 5.33. The minimum atomic E-state index is 0.180. The molecular formula is C18H22O2. The first kappa shape index (κ1) is 12.4. The molecule has 2 nitrogen and oxygen atoms in total. The van der Waals surface area contributed by atoms with Crippen LogP contribution < -0.4 is 0 Å². The van der Waals surface area contributed by atoms with E-state index in [0.717, 1.165) is 35.2 Å².